The van der Waals surface area contributed by atoms with Gasteiger partial charge in [0.15, 0.2) is 0 Å². The second-order valence-electron chi connectivity index (χ2n) is 6.84. The van der Waals surface area contributed by atoms with Gasteiger partial charge in [-0.25, -0.2) is 0 Å². The average Bonchev–Trinajstić information content (AvgIpc) is 3.26. The lowest BCUT2D eigenvalue weighted by molar-refractivity contribution is 0.0713. The summed E-state index contributed by atoms with van der Waals surface area (Å²) >= 11 is 0. The number of benzene rings is 2. The Morgan fingerprint density at radius 1 is 1.22 bits per heavy atom. The van der Waals surface area contributed by atoms with Gasteiger partial charge in [-0.05, 0) is 42.4 Å². The molecule has 0 aromatic heterocycles. The maximum Gasteiger partial charge on any atom is 0.254 e. The van der Waals surface area contributed by atoms with Crippen LogP contribution in [0.5, 0.6) is 0 Å². The quantitative estimate of drug-likeness (QED) is 0.947. The van der Waals surface area contributed by atoms with Crippen molar-refractivity contribution in [1.82, 2.24) is 4.90 Å². The van der Waals surface area contributed by atoms with Crippen molar-refractivity contribution in [1.29, 1.82) is 0 Å². The smallest absolute Gasteiger partial charge is 0.254 e. The summed E-state index contributed by atoms with van der Waals surface area (Å²) in [5, 5.41) is 0. The minimum absolute atomic E-state index is 0.134. The van der Waals surface area contributed by atoms with Gasteiger partial charge < -0.3 is 10.6 Å². The van der Waals surface area contributed by atoms with E-state index in [1.807, 2.05) is 36.1 Å². The fraction of sp³-hybridized carbons (Fsp3) is 0.350. The highest BCUT2D eigenvalue weighted by Gasteiger charge is 2.53. The van der Waals surface area contributed by atoms with Crippen molar-refractivity contribution >= 4 is 5.91 Å². The molecule has 3 heteroatoms. The van der Waals surface area contributed by atoms with Crippen molar-refractivity contribution in [2.24, 2.45) is 17.6 Å². The third-order valence-corrected chi connectivity index (χ3v) is 5.30. The molecule has 2 fully saturated rings. The number of piperidine rings is 1. The fourth-order valence-electron chi connectivity index (χ4n) is 3.97. The summed E-state index contributed by atoms with van der Waals surface area (Å²) in [5.74, 6) is 1.45. The van der Waals surface area contributed by atoms with Crippen LogP contribution in [0.2, 0.25) is 0 Å². The van der Waals surface area contributed by atoms with Gasteiger partial charge in [0.25, 0.3) is 5.91 Å². The Hall–Kier alpha value is -2.13. The van der Waals surface area contributed by atoms with Crippen LogP contribution in [-0.4, -0.2) is 29.9 Å². The molecular weight excluding hydrogens is 284 g/mol. The van der Waals surface area contributed by atoms with Gasteiger partial charge in [0.2, 0.25) is 0 Å². The molecule has 1 amide bonds. The van der Waals surface area contributed by atoms with E-state index in [2.05, 4.69) is 24.3 Å². The largest absolute Gasteiger partial charge is 0.334 e. The van der Waals surface area contributed by atoms with Crippen molar-refractivity contribution in [3.8, 4) is 11.1 Å². The number of carbonyl (C=O) groups excluding carboxylic acids is 1. The Balaban J connectivity index is 1.73. The van der Waals surface area contributed by atoms with Crippen molar-refractivity contribution in [2.75, 3.05) is 13.1 Å². The normalized spacial score (nSPS) is 25.3. The number of hydrogen-bond donors (Lipinski definition) is 1. The minimum Gasteiger partial charge on any atom is -0.334 e. The molecule has 23 heavy (non-hydrogen) atoms. The zero-order valence-electron chi connectivity index (χ0n) is 13.4. The Morgan fingerprint density at radius 2 is 2.00 bits per heavy atom. The van der Waals surface area contributed by atoms with Gasteiger partial charge in [-0.2, -0.15) is 0 Å². The van der Waals surface area contributed by atoms with E-state index in [0.717, 1.165) is 28.8 Å². The molecule has 0 bridgehead atoms. The third-order valence-electron chi connectivity index (χ3n) is 5.30. The van der Waals surface area contributed by atoms with Crippen molar-refractivity contribution in [3.63, 3.8) is 0 Å². The molecule has 1 aliphatic heterocycles. The van der Waals surface area contributed by atoms with Crippen LogP contribution in [-0.2, 0) is 0 Å². The summed E-state index contributed by atoms with van der Waals surface area (Å²) in [5.41, 5.74) is 9.96. The Bertz CT molecular complexity index is 741. The maximum atomic E-state index is 13.2. The predicted octanol–water partition coefficient (Wildman–Crippen LogP) is 3.08. The molecular formula is C20H22N2O. The van der Waals surface area contributed by atoms with Crippen molar-refractivity contribution in [2.45, 2.75) is 19.4 Å². The molecule has 4 rings (SSSR count). The summed E-state index contributed by atoms with van der Waals surface area (Å²) in [6.07, 6.45) is 1.24. The monoisotopic (exact) mass is 306 g/mol. The fourth-order valence-corrected chi connectivity index (χ4v) is 3.97. The first-order valence-corrected chi connectivity index (χ1v) is 8.36. The van der Waals surface area contributed by atoms with E-state index in [4.69, 9.17) is 5.73 Å². The molecule has 1 heterocycles. The number of rotatable bonds is 3. The van der Waals surface area contributed by atoms with Crippen LogP contribution in [0.4, 0.5) is 0 Å². The van der Waals surface area contributed by atoms with Gasteiger partial charge in [-0.1, -0.05) is 48.0 Å². The van der Waals surface area contributed by atoms with Crippen LogP contribution >= 0.6 is 0 Å². The van der Waals surface area contributed by atoms with Crippen LogP contribution < -0.4 is 5.73 Å². The Labute approximate surface area is 137 Å². The molecule has 0 spiro atoms. The molecule has 1 saturated heterocycles. The summed E-state index contributed by atoms with van der Waals surface area (Å²) < 4.78 is 0. The average molecular weight is 306 g/mol. The molecule has 2 aromatic carbocycles. The molecule has 3 nitrogen and oxygen atoms in total. The lowest BCUT2D eigenvalue weighted by Gasteiger charge is -2.27. The van der Waals surface area contributed by atoms with E-state index in [-0.39, 0.29) is 11.9 Å². The van der Waals surface area contributed by atoms with Crippen LogP contribution in [0.1, 0.15) is 22.3 Å². The third kappa shape index (κ3) is 2.45. The van der Waals surface area contributed by atoms with E-state index in [1.165, 1.54) is 6.42 Å². The van der Waals surface area contributed by atoms with E-state index >= 15 is 0 Å². The zero-order chi connectivity index (χ0) is 16.0. The lowest BCUT2D eigenvalue weighted by Crippen LogP contribution is -2.43. The number of aryl methyl sites for hydroxylation is 1. The number of nitrogens with two attached hydrogens (primary N) is 1. The summed E-state index contributed by atoms with van der Waals surface area (Å²) in [4.78, 5) is 15.2. The van der Waals surface area contributed by atoms with Crippen molar-refractivity contribution in [3.05, 3.63) is 59.7 Å². The van der Waals surface area contributed by atoms with Gasteiger partial charge in [0, 0.05) is 24.7 Å². The molecule has 0 radical (unpaired) electrons. The Morgan fingerprint density at radius 3 is 2.74 bits per heavy atom. The lowest BCUT2D eigenvalue weighted by atomic mass is 9.96. The first kappa shape index (κ1) is 14.5. The molecule has 3 atom stereocenters. The van der Waals surface area contributed by atoms with Gasteiger partial charge >= 0.3 is 0 Å². The standard InChI is InChI=1S/C20H22N2O/c1-13-7-8-16(14-5-3-2-4-6-14)18(9-13)20(23)22-12-15-10-17(15)19(22)11-21/h2-9,15,17,19H,10-12,21H2,1H3/t15-,17-,19-/m1/s1. The SMILES string of the molecule is Cc1ccc(-c2ccccc2)c(C(=O)N2C[C@H]3C[C@H]3[C@H]2CN)c1. The van der Waals surface area contributed by atoms with Gasteiger partial charge in [0.05, 0.1) is 0 Å². The van der Waals surface area contributed by atoms with E-state index in [0.29, 0.717) is 18.4 Å². The highest BCUT2D eigenvalue weighted by atomic mass is 16.2. The molecule has 118 valence electrons. The first-order chi connectivity index (χ1) is 11.2. The van der Waals surface area contributed by atoms with Gasteiger partial charge in [-0.3, -0.25) is 4.79 Å². The van der Waals surface area contributed by atoms with Crippen LogP contribution in [0.15, 0.2) is 48.5 Å². The number of hydrogen-bond acceptors (Lipinski definition) is 2. The van der Waals surface area contributed by atoms with E-state index in [1.54, 1.807) is 0 Å². The number of amides is 1. The molecule has 1 saturated carbocycles. The summed E-state index contributed by atoms with van der Waals surface area (Å²) in [6.45, 7) is 3.47. The first-order valence-electron chi connectivity index (χ1n) is 8.36. The predicted molar refractivity (Wildman–Crippen MR) is 92.1 cm³/mol. The molecule has 2 aromatic rings. The highest BCUT2D eigenvalue weighted by molar-refractivity contribution is 6.01. The molecule has 2 N–H and O–H groups in total. The van der Waals surface area contributed by atoms with Crippen LogP contribution in [0.3, 0.4) is 0 Å². The number of carbonyl (C=O) groups is 1. The zero-order valence-corrected chi connectivity index (χ0v) is 13.4. The molecule has 0 unspecified atom stereocenters. The summed E-state index contributed by atoms with van der Waals surface area (Å²) in [6, 6.07) is 16.5. The molecule has 1 aliphatic carbocycles. The van der Waals surface area contributed by atoms with E-state index < -0.39 is 0 Å². The number of nitrogens with zero attached hydrogens (tertiary/aromatic N) is 1. The van der Waals surface area contributed by atoms with E-state index in [9.17, 15) is 4.79 Å². The second-order valence-corrected chi connectivity index (χ2v) is 6.84. The Kier molecular flexibility index (Phi) is 3.46. The van der Waals surface area contributed by atoms with Crippen LogP contribution in [0.25, 0.3) is 11.1 Å². The van der Waals surface area contributed by atoms with Crippen LogP contribution in [0, 0.1) is 18.8 Å². The van der Waals surface area contributed by atoms with Gasteiger partial charge in [-0.15, -0.1) is 0 Å². The topological polar surface area (TPSA) is 46.3 Å². The highest BCUT2D eigenvalue weighted by Crippen LogP contribution is 2.49. The summed E-state index contributed by atoms with van der Waals surface area (Å²) in [7, 11) is 0. The molecule has 2 aliphatic rings. The second kappa shape index (κ2) is 5.50. The number of fused-ring (bicyclic) bond motifs is 1. The number of likely N-dealkylation sites (tertiary alicyclic amines) is 1. The van der Waals surface area contributed by atoms with Crippen molar-refractivity contribution < 1.29 is 4.79 Å². The minimum atomic E-state index is 0.134. The van der Waals surface area contributed by atoms with Gasteiger partial charge in [0.1, 0.15) is 0 Å². The maximum absolute atomic E-state index is 13.2.